The molecular weight excluding hydrogens is 232 g/mol. The number of pyridine rings is 1. The van der Waals surface area contributed by atoms with E-state index in [1.165, 1.54) is 7.11 Å². The maximum atomic E-state index is 10.9. The first-order valence-electron chi connectivity index (χ1n) is 5.67. The van der Waals surface area contributed by atoms with E-state index in [4.69, 9.17) is 0 Å². The lowest BCUT2D eigenvalue weighted by molar-refractivity contribution is -0.140. The van der Waals surface area contributed by atoms with E-state index >= 15 is 0 Å². The number of rotatable bonds is 5. The molecule has 98 valence electrons. The average Bonchev–Trinajstić information content (AvgIpc) is 2.43. The van der Waals surface area contributed by atoms with E-state index in [1.807, 2.05) is 18.2 Å². The number of methoxy groups -OCH3 is 1. The molecule has 0 radical (unpaired) electrons. The molecule has 0 spiro atoms. The number of hydrogen-bond acceptors (Lipinski definition) is 4. The van der Waals surface area contributed by atoms with E-state index in [-0.39, 0.29) is 5.97 Å². The Morgan fingerprint density at radius 2 is 2.28 bits per heavy atom. The highest BCUT2D eigenvalue weighted by Crippen LogP contribution is 1.91. The summed E-state index contributed by atoms with van der Waals surface area (Å²) in [5.74, 6) is 0.382. The van der Waals surface area contributed by atoms with Crippen molar-refractivity contribution in [2.24, 2.45) is 4.99 Å². The summed E-state index contributed by atoms with van der Waals surface area (Å²) in [7, 11) is 3.04. The zero-order chi connectivity index (χ0) is 13.2. The summed E-state index contributed by atoms with van der Waals surface area (Å²) in [4.78, 5) is 19.2. The Labute approximate surface area is 106 Å². The normalized spacial score (nSPS) is 10.9. The Morgan fingerprint density at radius 1 is 1.44 bits per heavy atom. The summed E-state index contributed by atoms with van der Waals surface area (Å²) in [6, 6.07) is 5.72. The third-order valence-corrected chi connectivity index (χ3v) is 2.24. The van der Waals surface area contributed by atoms with Crippen molar-refractivity contribution < 1.29 is 9.53 Å². The second-order valence-corrected chi connectivity index (χ2v) is 3.50. The minimum Gasteiger partial charge on any atom is -0.469 e. The van der Waals surface area contributed by atoms with Crippen molar-refractivity contribution in [2.45, 2.75) is 13.0 Å². The number of aromatic nitrogens is 1. The van der Waals surface area contributed by atoms with Gasteiger partial charge in [0.25, 0.3) is 0 Å². The fourth-order valence-corrected chi connectivity index (χ4v) is 1.28. The zero-order valence-corrected chi connectivity index (χ0v) is 10.6. The first-order valence-corrected chi connectivity index (χ1v) is 5.67. The van der Waals surface area contributed by atoms with Crippen LogP contribution in [-0.4, -0.2) is 37.6 Å². The molecule has 0 aromatic carbocycles. The molecule has 0 saturated heterocycles. The standard InChI is InChI=1S/C12H18N4O2/c1-13-12(15-8-6-11(17)18-2)16-9-10-5-3-4-7-14-10/h3-5,7H,6,8-9H2,1-2H3,(H2,13,15,16). The lowest BCUT2D eigenvalue weighted by Gasteiger charge is -2.10. The summed E-state index contributed by atoms with van der Waals surface area (Å²) in [6.45, 7) is 1.06. The van der Waals surface area contributed by atoms with Crippen LogP contribution < -0.4 is 10.6 Å². The minimum atomic E-state index is -0.248. The van der Waals surface area contributed by atoms with Crippen molar-refractivity contribution in [1.29, 1.82) is 0 Å². The number of carbonyl (C=O) groups is 1. The molecular formula is C12H18N4O2. The molecule has 2 N–H and O–H groups in total. The molecule has 0 bridgehead atoms. The first-order chi connectivity index (χ1) is 8.76. The lowest BCUT2D eigenvalue weighted by atomic mass is 10.3. The van der Waals surface area contributed by atoms with Gasteiger partial charge in [-0.15, -0.1) is 0 Å². The van der Waals surface area contributed by atoms with Crippen LogP contribution in [0.15, 0.2) is 29.4 Å². The van der Waals surface area contributed by atoms with Crippen LogP contribution in [0.5, 0.6) is 0 Å². The molecule has 0 aliphatic rings. The van der Waals surface area contributed by atoms with E-state index < -0.39 is 0 Å². The Kier molecular flexibility index (Phi) is 6.24. The van der Waals surface area contributed by atoms with Crippen LogP contribution >= 0.6 is 0 Å². The van der Waals surface area contributed by atoms with Crippen molar-refractivity contribution in [3.63, 3.8) is 0 Å². The van der Waals surface area contributed by atoms with E-state index in [0.717, 1.165) is 5.69 Å². The van der Waals surface area contributed by atoms with Gasteiger partial charge in [0, 0.05) is 19.8 Å². The molecule has 18 heavy (non-hydrogen) atoms. The highest BCUT2D eigenvalue weighted by Gasteiger charge is 2.01. The Balaban J connectivity index is 2.28. The summed E-state index contributed by atoms with van der Waals surface area (Å²) < 4.78 is 4.55. The maximum Gasteiger partial charge on any atom is 0.307 e. The van der Waals surface area contributed by atoms with Gasteiger partial charge in [-0.1, -0.05) is 6.07 Å². The quantitative estimate of drug-likeness (QED) is 0.447. The number of guanidine groups is 1. The number of esters is 1. The third-order valence-electron chi connectivity index (χ3n) is 2.24. The fourth-order valence-electron chi connectivity index (χ4n) is 1.28. The van der Waals surface area contributed by atoms with Gasteiger partial charge in [-0.2, -0.15) is 0 Å². The number of carbonyl (C=O) groups excluding carboxylic acids is 1. The van der Waals surface area contributed by atoms with Crippen molar-refractivity contribution in [3.05, 3.63) is 30.1 Å². The largest absolute Gasteiger partial charge is 0.469 e. The van der Waals surface area contributed by atoms with Crippen LogP contribution in [0.4, 0.5) is 0 Å². The van der Waals surface area contributed by atoms with Crippen LogP contribution in [0.3, 0.4) is 0 Å². The number of nitrogens with zero attached hydrogens (tertiary/aromatic N) is 2. The number of nitrogens with one attached hydrogen (secondary N) is 2. The summed E-state index contributed by atoms with van der Waals surface area (Å²) in [5, 5.41) is 6.12. The van der Waals surface area contributed by atoms with Gasteiger partial charge < -0.3 is 15.4 Å². The van der Waals surface area contributed by atoms with E-state index in [1.54, 1.807) is 13.2 Å². The number of hydrogen-bond donors (Lipinski definition) is 2. The van der Waals surface area contributed by atoms with Gasteiger partial charge in [-0.25, -0.2) is 0 Å². The van der Waals surface area contributed by atoms with Crippen molar-refractivity contribution in [2.75, 3.05) is 20.7 Å². The smallest absolute Gasteiger partial charge is 0.307 e. The van der Waals surface area contributed by atoms with Crippen LogP contribution in [-0.2, 0) is 16.1 Å². The van der Waals surface area contributed by atoms with Crippen LogP contribution in [0.2, 0.25) is 0 Å². The van der Waals surface area contributed by atoms with Crippen molar-refractivity contribution in [3.8, 4) is 0 Å². The van der Waals surface area contributed by atoms with E-state index in [2.05, 4.69) is 25.3 Å². The first kappa shape index (κ1) is 14.0. The molecule has 1 aromatic heterocycles. The Bertz CT molecular complexity index is 392. The Hall–Kier alpha value is -2.11. The SMILES string of the molecule is CN=C(NCCC(=O)OC)NCc1ccccn1. The Morgan fingerprint density at radius 3 is 2.89 bits per heavy atom. The molecule has 6 heteroatoms. The predicted octanol–water partition coefficient (Wildman–Crippen LogP) is 0.310. The second-order valence-electron chi connectivity index (χ2n) is 3.50. The van der Waals surface area contributed by atoms with Gasteiger partial charge in [0.05, 0.1) is 25.8 Å². The molecule has 0 saturated carbocycles. The minimum absolute atomic E-state index is 0.248. The van der Waals surface area contributed by atoms with Crippen molar-refractivity contribution >= 4 is 11.9 Å². The predicted molar refractivity (Wildman–Crippen MR) is 69.1 cm³/mol. The topological polar surface area (TPSA) is 75.6 Å². The summed E-state index contributed by atoms with van der Waals surface area (Å²) in [5.41, 5.74) is 0.924. The van der Waals surface area contributed by atoms with E-state index in [9.17, 15) is 4.79 Å². The lowest BCUT2D eigenvalue weighted by Crippen LogP contribution is -2.38. The van der Waals surface area contributed by atoms with Gasteiger partial charge in [-0.3, -0.25) is 14.8 Å². The fraction of sp³-hybridized carbons (Fsp3) is 0.417. The molecule has 0 unspecified atom stereocenters. The molecule has 1 aromatic rings. The van der Waals surface area contributed by atoms with Crippen LogP contribution in [0.25, 0.3) is 0 Å². The number of ether oxygens (including phenoxy) is 1. The zero-order valence-electron chi connectivity index (χ0n) is 10.6. The molecule has 0 aliphatic carbocycles. The molecule has 0 aliphatic heterocycles. The second kappa shape index (κ2) is 8.05. The third kappa shape index (κ3) is 5.29. The van der Waals surface area contributed by atoms with Gasteiger partial charge >= 0.3 is 5.97 Å². The van der Waals surface area contributed by atoms with Crippen LogP contribution in [0.1, 0.15) is 12.1 Å². The molecule has 1 rings (SSSR count). The van der Waals surface area contributed by atoms with Crippen molar-refractivity contribution in [1.82, 2.24) is 15.6 Å². The maximum absolute atomic E-state index is 10.9. The monoisotopic (exact) mass is 250 g/mol. The van der Waals surface area contributed by atoms with Gasteiger partial charge in [0.2, 0.25) is 0 Å². The average molecular weight is 250 g/mol. The highest BCUT2D eigenvalue weighted by atomic mass is 16.5. The molecule has 1 heterocycles. The van der Waals surface area contributed by atoms with Gasteiger partial charge in [-0.05, 0) is 12.1 Å². The van der Waals surface area contributed by atoms with Gasteiger partial charge in [0.1, 0.15) is 0 Å². The highest BCUT2D eigenvalue weighted by molar-refractivity contribution is 5.80. The summed E-state index contributed by atoms with van der Waals surface area (Å²) >= 11 is 0. The summed E-state index contributed by atoms with van der Waals surface area (Å²) in [6.07, 6.45) is 2.05. The number of aliphatic imine (C=N–C) groups is 1. The molecule has 0 fully saturated rings. The molecule has 0 amide bonds. The van der Waals surface area contributed by atoms with E-state index in [0.29, 0.717) is 25.5 Å². The van der Waals surface area contributed by atoms with Gasteiger partial charge in [0.15, 0.2) is 5.96 Å². The molecule has 6 nitrogen and oxygen atoms in total. The molecule has 0 atom stereocenters. The van der Waals surface area contributed by atoms with Crippen LogP contribution in [0, 0.1) is 0 Å².